The Hall–Kier alpha value is -6.44. The maximum Gasteiger partial charge on any atom is 0.0462 e. The van der Waals surface area contributed by atoms with Crippen LogP contribution in [0.15, 0.2) is 200 Å². The highest BCUT2D eigenvalue weighted by Gasteiger charge is 2.30. The van der Waals surface area contributed by atoms with E-state index in [-0.39, 0.29) is 5.41 Å². The smallest absolute Gasteiger partial charge is 0.0462 e. The highest BCUT2D eigenvalue weighted by Crippen LogP contribution is 2.44. The molecule has 1 nitrogen and oxygen atoms in total. The molecule has 0 heterocycles. The Kier molecular flexibility index (Phi) is 7.90. The van der Waals surface area contributed by atoms with Crippen molar-refractivity contribution in [2.75, 3.05) is 4.90 Å². The van der Waals surface area contributed by atoms with Gasteiger partial charge in [0.25, 0.3) is 0 Å². The van der Waals surface area contributed by atoms with Crippen LogP contribution in [-0.4, -0.2) is 0 Å². The molecule has 0 fully saturated rings. The molecule has 1 heteroatoms. The minimum Gasteiger partial charge on any atom is -0.311 e. The summed E-state index contributed by atoms with van der Waals surface area (Å²) in [6.07, 6.45) is 2.42. The van der Waals surface area contributed by atoms with Gasteiger partial charge in [-0.25, -0.2) is 0 Å². The molecule has 0 saturated heterocycles. The van der Waals surface area contributed by atoms with Gasteiger partial charge in [-0.3, -0.25) is 0 Å². The zero-order chi connectivity index (χ0) is 35.1. The predicted octanol–water partition coefficient (Wildman–Crippen LogP) is 14.0. The van der Waals surface area contributed by atoms with Crippen LogP contribution in [0.25, 0.3) is 49.7 Å². The van der Waals surface area contributed by atoms with Gasteiger partial charge in [-0.15, -0.1) is 0 Å². The second-order valence-electron chi connectivity index (χ2n) is 14.3. The Morgan fingerprint density at radius 3 is 1.37 bits per heavy atom. The molecule has 0 radical (unpaired) electrons. The molecule has 8 aromatic rings. The summed E-state index contributed by atoms with van der Waals surface area (Å²) in [4.78, 5) is 2.36. The van der Waals surface area contributed by atoms with Crippen LogP contribution < -0.4 is 4.90 Å². The number of nitrogens with zero attached hydrogens (tertiary/aromatic N) is 1. The lowest BCUT2D eigenvalue weighted by molar-refractivity contribution is 0.683. The molecule has 0 N–H and O–H groups in total. The van der Waals surface area contributed by atoms with E-state index in [1.54, 1.807) is 0 Å². The van der Waals surface area contributed by atoms with Crippen LogP contribution >= 0.6 is 0 Å². The molecule has 0 bridgehead atoms. The third-order valence-corrected chi connectivity index (χ3v) is 10.5. The highest BCUT2D eigenvalue weighted by molar-refractivity contribution is 5.89. The molecule has 0 unspecified atom stereocenters. The van der Waals surface area contributed by atoms with Crippen molar-refractivity contribution in [1.82, 2.24) is 0 Å². The SMILES string of the molecule is CC1(C)C=C(c2ccc(N(c3ccc(-c4ccc(-c5ccccc5)cc4)cc3)c3ccc(-c4ccc5ccccc5c4)cc3)cc2)c2ccccc21. The summed E-state index contributed by atoms with van der Waals surface area (Å²) in [6.45, 7) is 4.61. The number of rotatable bonds is 7. The number of hydrogen-bond acceptors (Lipinski definition) is 1. The van der Waals surface area contributed by atoms with Crippen molar-refractivity contribution in [3.63, 3.8) is 0 Å². The first-order chi connectivity index (χ1) is 25.5. The number of allylic oxidation sites excluding steroid dienone is 1. The first-order valence-corrected chi connectivity index (χ1v) is 18.1. The van der Waals surface area contributed by atoms with Gasteiger partial charge in [0, 0.05) is 22.5 Å². The van der Waals surface area contributed by atoms with Crippen LogP contribution in [0.2, 0.25) is 0 Å². The molecule has 0 aromatic heterocycles. The van der Waals surface area contributed by atoms with E-state index in [2.05, 4.69) is 219 Å². The fourth-order valence-electron chi connectivity index (χ4n) is 7.73. The van der Waals surface area contributed by atoms with Crippen molar-refractivity contribution in [1.29, 1.82) is 0 Å². The predicted molar refractivity (Wildman–Crippen MR) is 221 cm³/mol. The molecular weight excluding hydrogens is 627 g/mol. The van der Waals surface area contributed by atoms with Gasteiger partial charge in [-0.2, -0.15) is 0 Å². The lowest BCUT2D eigenvalue weighted by atomic mass is 9.87. The minimum atomic E-state index is 0.00698. The van der Waals surface area contributed by atoms with Crippen molar-refractivity contribution >= 4 is 33.4 Å². The molecule has 9 rings (SSSR count). The molecule has 0 aliphatic heterocycles. The molecule has 8 aromatic carbocycles. The molecule has 52 heavy (non-hydrogen) atoms. The van der Waals surface area contributed by atoms with Crippen LogP contribution in [0.1, 0.15) is 30.5 Å². The van der Waals surface area contributed by atoms with E-state index in [1.165, 1.54) is 66.4 Å². The van der Waals surface area contributed by atoms with Crippen molar-refractivity contribution in [2.45, 2.75) is 19.3 Å². The molecule has 0 saturated carbocycles. The number of benzene rings is 8. The summed E-state index contributed by atoms with van der Waals surface area (Å²) in [7, 11) is 0. The summed E-state index contributed by atoms with van der Waals surface area (Å²) < 4.78 is 0. The van der Waals surface area contributed by atoms with Gasteiger partial charge in [-0.05, 0) is 109 Å². The minimum absolute atomic E-state index is 0.00698. The molecule has 248 valence electrons. The highest BCUT2D eigenvalue weighted by atomic mass is 15.1. The zero-order valence-electron chi connectivity index (χ0n) is 29.5. The third-order valence-electron chi connectivity index (χ3n) is 10.5. The Bertz CT molecular complexity index is 2540. The maximum atomic E-state index is 2.42. The summed E-state index contributed by atoms with van der Waals surface area (Å²) in [5, 5.41) is 2.51. The summed E-state index contributed by atoms with van der Waals surface area (Å²) in [6, 6.07) is 70.5. The third kappa shape index (κ3) is 5.91. The molecule has 0 amide bonds. The molecule has 0 atom stereocenters. The number of fused-ring (bicyclic) bond motifs is 2. The topological polar surface area (TPSA) is 3.24 Å². The molecular formula is C51H39N. The van der Waals surface area contributed by atoms with Gasteiger partial charge in [0.15, 0.2) is 0 Å². The normalized spacial score (nSPS) is 13.1. The lowest BCUT2D eigenvalue weighted by Gasteiger charge is -2.26. The van der Waals surface area contributed by atoms with E-state index in [0.29, 0.717) is 0 Å². The number of anilines is 3. The monoisotopic (exact) mass is 665 g/mol. The largest absolute Gasteiger partial charge is 0.311 e. The fraction of sp³-hybridized carbons (Fsp3) is 0.0588. The fourth-order valence-corrected chi connectivity index (χ4v) is 7.73. The van der Waals surface area contributed by atoms with Crippen LogP contribution in [0.3, 0.4) is 0 Å². The second kappa shape index (κ2) is 13.0. The molecule has 0 spiro atoms. The van der Waals surface area contributed by atoms with E-state index < -0.39 is 0 Å². The van der Waals surface area contributed by atoms with Crippen molar-refractivity contribution in [3.8, 4) is 33.4 Å². The van der Waals surface area contributed by atoms with Gasteiger partial charge in [0.1, 0.15) is 0 Å². The first kappa shape index (κ1) is 31.5. The van der Waals surface area contributed by atoms with Gasteiger partial charge < -0.3 is 4.90 Å². The summed E-state index contributed by atoms with van der Waals surface area (Å²) >= 11 is 0. The Morgan fingerprint density at radius 1 is 0.346 bits per heavy atom. The van der Waals surface area contributed by atoms with Gasteiger partial charge in [-0.1, -0.05) is 172 Å². The van der Waals surface area contributed by atoms with Crippen LogP contribution in [0.5, 0.6) is 0 Å². The Morgan fingerprint density at radius 2 is 0.769 bits per heavy atom. The van der Waals surface area contributed by atoms with E-state index >= 15 is 0 Å². The Balaban J connectivity index is 1.06. The average molecular weight is 666 g/mol. The van der Waals surface area contributed by atoms with Crippen LogP contribution in [0.4, 0.5) is 17.1 Å². The lowest BCUT2D eigenvalue weighted by Crippen LogP contribution is -2.10. The number of hydrogen-bond donors (Lipinski definition) is 0. The van der Waals surface area contributed by atoms with Crippen molar-refractivity contribution < 1.29 is 0 Å². The van der Waals surface area contributed by atoms with Crippen LogP contribution in [0, 0.1) is 0 Å². The molecule has 1 aliphatic rings. The standard InChI is InChI=1S/C51H39N/c1-51(2)35-49(48-14-8-9-15-50(48)51)42-26-32-47(33-27-42)52(46-30-24-41(25-31-46)44-21-20-37-12-6-7-13-43(37)34-44)45-28-22-40(23-29-45)39-18-16-38(17-19-39)36-10-4-3-5-11-36/h3-35H,1-2H3. The molecule has 1 aliphatic carbocycles. The van der Waals surface area contributed by atoms with E-state index in [4.69, 9.17) is 0 Å². The van der Waals surface area contributed by atoms with E-state index in [9.17, 15) is 0 Å². The first-order valence-electron chi connectivity index (χ1n) is 18.1. The van der Waals surface area contributed by atoms with Gasteiger partial charge in [0.05, 0.1) is 0 Å². The summed E-state index contributed by atoms with van der Waals surface area (Å²) in [5.74, 6) is 0. The Labute approximate surface area is 306 Å². The second-order valence-corrected chi connectivity index (χ2v) is 14.3. The quantitative estimate of drug-likeness (QED) is 0.164. The zero-order valence-corrected chi connectivity index (χ0v) is 29.5. The van der Waals surface area contributed by atoms with Gasteiger partial charge >= 0.3 is 0 Å². The van der Waals surface area contributed by atoms with Crippen LogP contribution in [-0.2, 0) is 5.41 Å². The van der Waals surface area contributed by atoms with E-state index in [0.717, 1.165) is 17.1 Å². The average Bonchev–Trinajstić information content (AvgIpc) is 3.49. The van der Waals surface area contributed by atoms with Crippen molar-refractivity contribution in [2.24, 2.45) is 0 Å². The maximum absolute atomic E-state index is 2.42. The van der Waals surface area contributed by atoms with Crippen molar-refractivity contribution in [3.05, 3.63) is 217 Å². The summed E-state index contributed by atoms with van der Waals surface area (Å²) in [5.41, 5.74) is 15.9. The van der Waals surface area contributed by atoms with Gasteiger partial charge in [0.2, 0.25) is 0 Å². The van der Waals surface area contributed by atoms with E-state index in [1.807, 2.05) is 0 Å².